The van der Waals surface area contributed by atoms with Gasteiger partial charge < -0.3 is 24.5 Å². The number of unbranched alkanes of at least 4 members (excludes halogenated alkanes) is 1. The molecule has 0 saturated carbocycles. The van der Waals surface area contributed by atoms with Crippen LogP contribution in [0.2, 0.25) is 0 Å². The van der Waals surface area contributed by atoms with Gasteiger partial charge in [-0.3, -0.25) is 19.3 Å². The van der Waals surface area contributed by atoms with Crippen LogP contribution in [-0.4, -0.2) is 131 Å². The Bertz CT molecular complexity index is 943. The molecule has 3 amide bonds. The van der Waals surface area contributed by atoms with Crippen molar-refractivity contribution in [3.8, 4) is 0 Å². The van der Waals surface area contributed by atoms with Crippen molar-refractivity contribution in [2.24, 2.45) is 17.8 Å². The average Bonchev–Trinajstić information content (AvgIpc) is 3.54. The van der Waals surface area contributed by atoms with E-state index in [2.05, 4.69) is 25.0 Å². The lowest BCUT2D eigenvalue weighted by molar-refractivity contribution is -0.145. The number of carbonyl (C=O) groups is 3. The summed E-state index contributed by atoms with van der Waals surface area (Å²) in [6.45, 7) is 18.3. The summed E-state index contributed by atoms with van der Waals surface area (Å²) in [4.78, 5) is 50.6. The van der Waals surface area contributed by atoms with Crippen LogP contribution in [-0.2, 0) is 19.1 Å². The van der Waals surface area contributed by atoms with Crippen LogP contribution in [0.4, 0.5) is 0 Å². The zero-order valence-electron chi connectivity index (χ0n) is 24.3. The Hall–Kier alpha value is -1.88. The number of ether oxygens (including phenoxy) is 1. The van der Waals surface area contributed by atoms with Gasteiger partial charge in [0.1, 0.15) is 6.04 Å². The van der Waals surface area contributed by atoms with Crippen molar-refractivity contribution in [2.75, 3.05) is 72.2 Å². The lowest BCUT2D eigenvalue weighted by atomic mass is 9.65. The normalized spacial score (nSPS) is 31.3. The van der Waals surface area contributed by atoms with Gasteiger partial charge in [-0.15, -0.1) is 24.9 Å². The SMILES string of the molecule is C=CCN(CCN1CCOCC1)C(=O)C1N(CCCCO)C(=O)[C@@H]2[C@@H](C(=O)N(CC=C)CCC)[C@H]3CC(C)C12S3. The molecule has 0 aliphatic carbocycles. The van der Waals surface area contributed by atoms with Gasteiger partial charge in [0.2, 0.25) is 17.7 Å². The van der Waals surface area contributed by atoms with E-state index in [1.807, 2.05) is 16.7 Å². The van der Waals surface area contributed by atoms with Crippen LogP contribution < -0.4 is 0 Å². The van der Waals surface area contributed by atoms with Gasteiger partial charge in [0.15, 0.2) is 0 Å². The summed E-state index contributed by atoms with van der Waals surface area (Å²) in [6.07, 6.45) is 6.33. The van der Waals surface area contributed by atoms with E-state index in [-0.39, 0.29) is 35.5 Å². The topological polar surface area (TPSA) is 93.6 Å². The third kappa shape index (κ3) is 5.74. The molecule has 40 heavy (non-hydrogen) atoms. The Balaban J connectivity index is 1.66. The smallest absolute Gasteiger partial charge is 0.247 e. The van der Waals surface area contributed by atoms with E-state index in [0.29, 0.717) is 58.8 Å². The zero-order valence-corrected chi connectivity index (χ0v) is 25.2. The van der Waals surface area contributed by atoms with Gasteiger partial charge in [-0.05, 0) is 31.6 Å². The van der Waals surface area contributed by atoms with Crippen molar-refractivity contribution in [3.63, 3.8) is 0 Å². The Morgan fingerprint density at radius 2 is 1.77 bits per heavy atom. The van der Waals surface area contributed by atoms with Crippen molar-refractivity contribution in [1.29, 1.82) is 0 Å². The van der Waals surface area contributed by atoms with Gasteiger partial charge in [-0.2, -0.15) is 0 Å². The minimum atomic E-state index is -0.636. The molecule has 1 spiro atoms. The van der Waals surface area contributed by atoms with Crippen LogP contribution in [0.5, 0.6) is 0 Å². The van der Waals surface area contributed by atoms with Gasteiger partial charge >= 0.3 is 0 Å². The quantitative estimate of drug-likeness (QED) is 0.235. The number of morpholine rings is 1. The van der Waals surface area contributed by atoms with Crippen LogP contribution in [0.1, 0.15) is 39.5 Å². The number of hydrogen-bond acceptors (Lipinski definition) is 7. The van der Waals surface area contributed by atoms with Crippen LogP contribution in [0, 0.1) is 17.8 Å². The molecular formula is C30H48N4O5S. The maximum absolute atomic E-state index is 14.6. The molecular weight excluding hydrogens is 528 g/mol. The molecule has 0 aromatic heterocycles. The van der Waals surface area contributed by atoms with E-state index in [1.54, 1.807) is 28.8 Å². The second-order valence-electron chi connectivity index (χ2n) is 11.6. The highest BCUT2D eigenvalue weighted by Crippen LogP contribution is 2.68. The van der Waals surface area contributed by atoms with Crippen molar-refractivity contribution < 1.29 is 24.2 Å². The van der Waals surface area contributed by atoms with Crippen LogP contribution in [0.15, 0.2) is 25.3 Å². The third-order valence-corrected chi connectivity index (χ3v) is 11.3. The number of nitrogens with zero attached hydrogens (tertiary/aromatic N) is 4. The molecule has 4 rings (SSSR count). The molecule has 4 fully saturated rings. The minimum absolute atomic E-state index is 0.0186. The standard InChI is InChI=1S/C30H48N4O5S/c1-5-10-32(11-6-2)27(36)24-23-21-22(4)30(40-23)25(24)28(37)34(13-8-9-18-35)26(30)29(38)33(12-7-3)15-14-31-16-19-39-20-17-31/h5,7,22-26,35H,1,3,6,8-21H2,2,4H3/t22?,23-,24+,25+,26?,30?/m1/s1. The molecule has 2 bridgehead atoms. The minimum Gasteiger partial charge on any atom is -0.396 e. The largest absolute Gasteiger partial charge is 0.396 e. The van der Waals surface area contributed by atoms with Crippen LogP contribution in [0.25, 0.3) is 0 Å². The van der Waals surface area contributed by atoms with Crippen LogP contribution >= 0.6 is 11.8 Å². The number of amides is 3. The fourth-order valence-corrected chi connectivity index (χ4v) is 9.76. The van der Waals surface area contributed by atoms with E-state index in [0.717, 1.165) is 32.5 Å². The lowest BCUT2D eigenvalue weighted by Crippen LogP contribution is -2.58. The van der Waals surface area contributed by atoms with E-state index < -0.39 is 22.6 Å². The number of hydrogen-bond donors (Lipinski definition) is 1. The maximum atomic E-state index is 14.6. The first kappa shape index (κ1) is 31.1. The number of likely N-dealkylation sites (tertiary alicyclic amines) is 1. The monoisotopic (exact) mass is 576 g/mol. The molecule has 10 heteroatoms. The van der Waals surface area contributed by atoms with Gasteiger partial charge in [-0.1, -0.05) is 26.0 Å². The fraction of sp³-hybridized carbons (Fsp3) is 0.767. The summed E-state index contributed by atoms with van der Waals surface area (Å²) in [5.41, 5.74) is 0. The summed E-state index contributed by atoms with van der Waals surface area (Å²) in [5, 5.41) is 9.48. The predicted molar refractivity (Wildman–Crippen MR) is 158 cm³/mol. The highest BCUT2D eigenvalue weighted by atomic mass is 32.2. The van der Waals surface area contributed by atoms with Gasteiger partial charge in [0.05, 0.1) is 29.8 Å². The Morgan fingerprint density at radius 3 is 2.40 bits per heavy atom. The Labute approximate surface area is 243 Å². The molecule has 4 heterocycles. The second kappa shape index (κ2) is 13.9. The van der Waals surface area contributed by atoms with E-state index in [9.17, 15) is 19.5 Å². The fourth-order valence-electron chi connectivity index (χ4n) is 7.35. The van der Waals surface area contributed by atoms with E-state index >= 15 is 0 Å². The first-order valence-electron chi connectivity index (χ1n) is 15.0. The highest BCUT2D eigenvalue weighted by molar-refractivity contribution is 8.02. The molecule has 4 aliphatic rings. The number of fused-ring (bicyclic) bond motifs is 1. The van der Waals surface area contributed by atoms with E-state index in [1.165, 1.54) is 0 Å². The number of carbonyl (C=O) groups excluding carboxylic acids is 3. The molecule has 224 valence electrons. The average molecular weight is 577 g/mol. The first-order chi connectivity index (χ1) is 19.3. The summed E-state index contributed by atoms with van der Waals surface area (Å²) < 4.78 is 4.85. The highest BCUT2D eigenvalue weighted by Gasteiger charge is 2.76. The van der Waals surface area contributed by atoms with Gasteiger partial charge in [0.25, 0.3) is 0 Å². The van der Waals surface area contributed by atoms with E-state index in [4.69, 9.17) is 4.74 Å². The Kier molecular flexibility index (Phi) is 10.8. The first-order valence-corrected chi connectivity index (χ1v) is 15.9. The summed E-state index contributed by atoms with van der Waals surface area (Å²) in [6, 6.07) is -0.629. The summed E-state index contributed by atoms with van der Waals surface area (Å²) in [5.74, 6) is -0.919. The summed E-state index contributed by atoms with van der Waals surface area (Å²) >= 11 is 1.73. The molecule has 1 N–H and O–H groups in total. The molecule has 4 aliphatic heterocycles. The third-order valence-electron chi connectivity index (χ3n) is 9.18. The van der Waals surface area contributed by atoms with Gasteiger partial charge in [0, 0.05) is 64.2 Å². The number of rotatable bonds is 15. The number of aliphatic hydroxyl groups excluding tert-OH is 1. The molecule has 0 aromatic rings. The Morgan fingerprint density at radius 1 is 1.10 bits per heavy atom. The van der Waals surface area contributed by atoms with Crippen molar-refractivity contribution in [3.05, 3.63) is 25.3 Å². The lowest BCUT2D eigenvalue weighted by Gasteiger charge is -2.41. The predicted octanol–water partition coefficient (Wildman–Crippen LogP) is 1.87. The van der Waals surface area contributed by atoms with Crippen LogP contribution in [0.3, 0.4) is 0 Å². The van der Waals surface area contributed by atoms with Gasteiger partial charge in [-0.25, -0.2) is 0 Å². The van der Waals surface area contributed by atoms with Crippen molar-refractivity contribution >= 4 is 29.5 Å². The molecule has 3 unspecified atom stereocenters. The zero-order chi connectivity index (χ0) is 28.9. The maximum Gasteiger partial charge on any atom is 0.247 e. The molecule has 9 nitrogen and oxygen atoms in total. The van der Waals surface area contributed by atoms with Crippen molar-refractivity contribution in [1.82, 2.24) is 19.6 Å². The summed E-state index contributed by atoms with van der Waals surface area (Å²) in [7, 11) is 0. The van der Waals surface area contributed by atoms with Crippen molar-refractivity contribution in [2.45, 2.75) is 55.6 Å². The number of thioether (sulfide) groups is 1. The molecule has 0 radical (unpaired) electrons. The molecule has 6 atom stereocenters. The second-order valence-corrected chi connectivity index (χ2v) is 13.2. The molecule has 0 aromatic carbocycles. The molecule has 4 saturated heterocycles. The number of aliphatic hydroxyl groups is 1.